The van der Waals surface area contributed by atoms with Crippen LogP contribution < -0.4 is 0 Å². The number of H-pyrrole nitrogens is 1. The van der Waals surface area contributed by atoms with Gasteiger partial charge in [0.15, 0.2) is 0 Å². The van der Waals surface area contributed by atoms with Gasteiger partial charge in [0.1, 0.15) is 0 Å². The zero-order chi connectivity index (χ0) is 5.98. The van der Waals surface area contributed by atoms with E-state index in [0.29, 0.717) is 0 Å². The Labute approximate surface area is 73.6 Å². The van der Waals surface area contributed by atoms with Crippen LogP contribution in [0.5, 0.6) is 0 Å². The van der Waals surface area contributed by atoms with E-state index in [9.17, 15) is 4.79 Å². The number of carboxylic acid groups (broad SMARTS) is 1. The molecule has 0 amide bonds. The standard InChI is InChI=1S/C4H4N2O2.Na.H/c7-4(8)3-1-5-6-2-3;;/h1-2H,(H,5,6)(H,7,8);;. The van der Waals surface area contributed by atoms with Gasteiger partial charge >= 0.3 is 35.5 Å². The average Bonchev–Trinajstić information content (AvgIpc) is 2.12. The van der Waals surface area contributed by atoms with E-state index in [-0.39, 0.29) is 35.1 Å². The fourth-order valence-electron chi connectivity index (χ4n) is 0.368. The molecule has 0 unspecified atom stereocenters. The Balaban J connectivity index is 0.000000640. The van der Waals surface area contributed by atoms with E-state index in [1.807, 2.05) is 0 Å². The zero-order valence-electron chi connectivity index (χ0n) is 3.96. The Morgan fingerprint density at radius 3 is 2.67 bits per heavy atom. The molecule has 0 radical (unpaired) electrons. The van der Waals surface area contributed by atoms with Crippen LogP contribution in [0.15, 0.2) is 12.4 Å². The van der Waals surface area contributed by atoms with Crippen molar-refractivity contribution in [3.63, 3.8) is 0 Å². The molecule has 0 aliphatic heterocycles. The summed E-state index contributed by atoms with van der Waals surface area (Å²) in [5.41, 5.74) is 0.185. The van der Waals surface area contributed by atoms with Gasteiger partial charge in [0.05, 0.1) is 11.8 Å². The van der Waals surface area contributed by atoms with Gasteiger partial charge in [-0.3, -0.25) is 5.10 Å². The van der Waals surface area contributed by atoms with Crippen LogP contribution in [-0.2, 0) is 0 Å². The van der Waals surface area contributed by atoms with Crippen molar-refractivity contribution in [2.75, 3.05) is 0 Å². The Kier molecular flexibility index (Phi) is 3.53. The topological polar surface area (TPSA) is 66.0 Å². The van der Waals surface area contributed by atoms with E-state index in [1.165, 1.54) is 12.4 Å². The molecule has 1 rings (SSSR count). The van der Waals surface area contributed by atoms with Crippen molar-refractivity contribution < 1.29 is 9.90 Å². The van der Waals surface area contributed by atoms with Crippen molar-refractivity contribution >= 4 is 35.5 Å². The minimum atomic E-state index is -0.959. The summed E-state index contributed by atoms with van der Waals surface area (Å²) >= 11 is 0. The fraction of sp³-hybridized carbons (Fsp3) is 0. The predicted octanol–water partition coefficient (Wildman–Crippen LogP) is -0.541. The Hall–Kier alpha value is -0.320. The Bertz CT molecular complexity index is 184. The third-order valence-electron chi connectivity index (χ3n) is 0.745. The number of aromatic carboxylic acids is 1. The quantitative estimate of drug-likeness (QED) is 0.509. The van der Waals surface area contributed by atoms with Gasteiger partial charge in [-0.25, -0.2) is 4.79 Å². The number of hydrogen-bond donors (Lipinski definition) is 2. The molecule has 9 heavy (non-hydrogen) atoms. The summed E-state index contributed by atoms with van der Waals surface area (Å²) in [5, 5.41) is 14.0. The molecule has 44 valence electrons. The van der Waals surface area contributed by atoms with Gasteiger partial charge in [-0.2, -0.15) is 5.10 Å². The van der Waals surface area contributed by atoms with Crippen molar-refractivity contribution in [3.8, 4) is 0 Å². The molecule has 0 atom stereocenters. The Morgan fingerprint density at radius 1 is 1.78 bits per heavy atom. The summed E-state index contributed by atoms with van der Waals surface area (Å²) in [6.45, 7) is 0. The summed E-state index contributed by atoms with van der Waals surface area (Å²) in [7, 11) is 0. The summed E-state index contributed by atoms with van der Waals surface area (Å²) in [5.74, 6) is -0.959. The van der Waals surface area contributed by atoms with Crippen molar-refractivity contribution in [3.05, 3.63) is 18.0 Å². The van der Waals surface area contributed by atoms with Gasteiger partial charge in [0, 0.05) is 6.20 Å². The van der Waals surface area contributed by atoms with Crippen LogP contribution >= 0.6 is 0 Å². The number of aromatic nitrogens is 2. The number of nitrogens with zero attached hydrogens (tertiary/aromatic N) is 1. The molecule has 0 saturated heterocycles. The number of carboxylic acids is 1. The molecule has 0 fully saturated rings. The van der Waals surface area contributed by atoms with Crippen LogP contribution in [0.3, 0.4) is 0 Å². The number of hydrogen-bond acceptors (Lipinski definition) is 2. The number of nitrogens with one attached hydrogen (secondary N) is 1. The molecule has 1 heterocycles. The van der Waals surface area contributed by atoms with Gasteiger partial charge in [-0.1, -0.05) is 0 Å². The molecular formula is C4H5N2NaO2. The Morgan fingerprint density at radius 2 is 2.44 bits per heavy atom. The van der Waals surface area contributed by atoms with Crippen molar-refractivity contribution in [1.82, 2.24) is 10.2 Å². The van der Waals surface area contributed by atoms with Crippen LogP contribution in [0.4, 0.5) is 0 Å². The van der Waals surface area contributed by atoms with Gasteiger partial charge in [0.2, 0.25) is 0 Å². The molecule has 0 aliphatic rings. The predicted molar refractivity (Wildman–Crippen MR) is 32.7 cm³/mol. The first kappa shape index (κ1) is 8.68. The van der Waals surface area contributed by atoms with Crippen LogP contribution in [0, 0.1) is 0 Å². The van der Waals surface area contributed by atoms with Gasteiger partial charge < -0.3 is 5.11 Å². The van der Waals surface area contributed by atoms with E-state index in [0.717, 1.165) is 0 Å². The maximum absolute atomic E-state index is 10.0. The molecule has 0 aromatic carbocycles. The number of carbonyl (C=O) groups is 1. The first-order chi connectivity index (χ1) is 3.80. The normalized spacial score (nSPS) is 8.00. The van der Waals surface area contributed by atoms with E-state index in [4.69, 9.17) is 5.11 Å². The third-order valence-corrected chi connectivity index (χ3v) is 0.745. The van der Waals surface area contributed by atoms with Crippen LogP contribution in [0.25, 0.3) is 0 Å². The van der Waals surface area contributed by atoms with Crippen LogP contribution in [-0.4, -0.2) is 50.8 Å². The molecular weight excluding hydrogens is 131 g/mol. The SMILES string of the molecule is O=C(O)c1cn[nH]c1.[NaH]. The summed E-state index contributed by atoms with van der Waals surface area (Å²) in [4.78, 5) is 10.0. The molecule has 4 nitrogen and oxygen atoms in total. The monoisotopic (exact) mass is 136 g/mol. The van der Waals surface area contributed by atoms with Crippen molar-refractivity contribution in [2.45, 2.75) is 0 Å². The molecule has 0 aliphatic carbocycles. The second-order valence-electron chi connectivity index (χ2n) is 1.29. The summed E-state index contributed by atoms with van der Waals surface area (Å²) in [6, 6.07) is 0. The third kappa shape index (κ3) is 2.17. The zero-order valence-corrected chi connectivity index (χ0v) is 3.96. The molecule has 0 saturated carbocycles. The van der Waals surface area contributed by atoms with Crippen molar-refractivity contribution in [2.24, 2.45) is 0 Å². The number of rotatable bonds is 1. The first-order valence-electron chi connectivity index (χ1n) is 2.03. The molecule has 1 aromatic rings. The van der Waals surface area contributed by atoms with Gasteiger partial charge in [-0.15, -0.1) is 0 Å². The van der Waals surface area contributed by atoms with Crippen molar-refractivity contribution in [1.29, 1.82) is 0 Å². The average molecular weight is 136 g/mol. The second kappa shape index (κ2) is 3.66. The van der Waals surface area contributed by atoms with E-state index in [2.05, 4.69) is 10.2 Å². The second-order valence-corrected chi connectivity index (χ2v) is 1.29. The summed E-state index contributed by atoms with van der Waals surface area (Å²) < 4.78 is 0. The fourth-order valence-corrected chi connectivity index (χ4v) is 0.368. The first-order valence-corrected chi connectivity index (χ1v) is 2.03. The number of aromatic amines is 1. The molecule has 0 bridgehead atoms. The van der Waals surface area contributed by atoms with Crippen LogP contribution in [0.2, 0.25) is 0 Å². The van der Waals surface area contributed by atoms with E-state index < -0.39 is 5.97 Å². The van der Waals surface area contributed by atoms with Crippen LogP contribution in [0.1, 0.15) is 10.4 Å². The van der Waals surface area contributed by atoms with E-state index in [1.54, 1.807) is 0 Å². The van der Waals surface area contributed by atoms with Gasteiger partial charge in [0.25, 0.3) is 0 Å². The molecule has 0 spiro atoms. The molecule has 5 heteroatoms. The van der Waals surface area contributed by atoms with Gasteiger partial charge in [-0.05, 0) is 0 Å². The van der Waals surface area contributed by atoms with E-state index >= 15 is 0 Å². The minimum absolute atomic E-state index is 0. The molecule has 1 aromatic heterocycles. The molecule has 2 N–H and O–H groups in total. The summed E-state index contributed by atoms with van der Waals surface area (Å²) in [6.07, 6.45) is 2.57. The maximum atomic E-state index is 10.0.